The summed E-state index contributed by atoms with van der Waals surface area (Å²) in [5.74, 6) is 1.55. The quantitative estimate of drug-likeness (QED) is 0.620. The zero-order valence-electron chi connectivity index (χ0n) is 19.3. The summed E-state index contributed by atoms with van der Waals surface area (Å²) in [6.45, 7) is 7.48. The Morgan fingerprint density at radius 2 is 1.81 bits per heavy atom. The molecule has 0 spiro atoms. The molecule has 3 atom stereocenters. The van der Waals surface area contributed by atoms with E-state index in [2.05, 4.69) is 30.1 Å². The van der Waals surface area contributed by atoms with Crippen molar-refractivity contribution >= 4 is 5.91 Å². The fraction of sp³-hybridized carbons (Fsp3) is 0.654. The van der Waals surface area contributed by atoms with Gasteiger partial charge in [0, 0.05) is 31.6 Å². The number of carbonyl (C=O) groups excluding carboxylic acids is 1. The average molecular weight is 427 g/mol. The zero-order valence-corrected chi connectivity index (χ0v) is 19.3. The Labute approximate surface area is 186 Å². The summed E-state index contributed by atoms with van der Waals surface area (Å²) in [7, 11) is 1.63. The number of fused-ring (bicyclic) bond motifs is 1. The molecule has 2 aliphatic carbocycles. The van der Waals surface area contributed by atoms with Crippen LogP contribution < -0.4 is 10.1 Å². The third kappa shape index (κ3) is 4.68. The van der Waals surface area contributed by atoms with Crippen molar-refractivity contribution in [3.63, 3.8) is 0 Å². The van der Waals surface area contributed by atoms with E-state index < -0.39 is 5.60 Å². The molecule has 1 saturated heterocycles. The van der Waals surface area contributed by atoms with Crippen molar-refractivity contribution in [2.24, 2.45) is 17.8 Å². The molecule has 3 unspecified atom stereocenters. The minimum Gasteiger partial charge on any atom is -0.497 e. The normalized spacial score (nSPS) is 27.8. The van der Waals surface area contributed by atoms with Gasteiger partial charge in [0.05, 0.1) is 7.11 Å². The van der Waals surface area contributed by atoms with Gasteiger partial charge in [-0.25, -0.2) is 0 Å². The number of benzene rings is 1. The summed E-state index contributed by atoms with van der Waals surface area (Å²) in [4.78, 5) is 16.0. The van der Waals surface area contributed by atoms with Crippen LogP contribution in [-0.2, 0) is 10.4 Å². The highest BCUT2D eigenvalue weighted by molar-refractivity contribution is 5.87. The molecular weight excluding hydrogens is 388 g/mol. The molecule has 1 aromatic carbocycles. The summed E-state index contributed by atoms with van der Waals surface area (Å²) in [5.41, 5.74) is 0.592. The Kier molecular flexibility index (Phi) is 6.73. The van der Waals surface area contributed by atoms with Gasteiger partial charge in [-0.2, -0.15) is 0 Å². The van der Waals surface area contributed by atoms with E-state index >= 15 is 0 Å². The lowest BCUT2D eigenvalue weighted by atomic mass is 9.72. The number of rotatable bonds is 8. The first-order valence-corrected chi connectivity index (χ1v) is 12.0. The number of carbonyl (C=O) groups is 1. The second-order valence-corrected chi connectivity index (χ2v) is 9.99. The van der Waals surface area contributed by atoms with Gasteiger partial charge in [-0.05, 0) is 62.6 Å². The van der Waals surface area contributed by atoms with Gasteiger partial charge in [0.15, 0.2) is 5.60 Å². The van der Waals surface area contributed by atoms with Gasteiger partial charge in [-0.15, -0.1) is 0 Å². The number of methoxy groups -OCH3 is 1. The number of nitrogens with one attached hydrogen (secondary N) is 1. The first kappa shape index (κ1) is 22.3. The first-order chi connectivity index (χ1) is 14.9. The second-order valence-electron chi connectivity index (χ2n) is 9.99. The second kappa shape index (κ2) is 9.33. The molecule has 5 heteroatoms. The van der Waals surface area contributed by atoms with Crippen LogP contribution >= 0.6 is 0 Å². The van der Waals surface area contributed by atoms with Crippen molar-refractivity contribution in [1.29, 1.82) is 0 Å². The van der Waals surface area contributed by atoms with Crippen molar-refractivity contribution in [3.05, 3.63) is 41.5 Å². The van der Waals surface area contributed by atoms with Gasteiger partial charge in [0.25, 0.3) is 5.91 Å². The lowest BCUT2D eigenvalue weighted by molar-refractivity contribution is -0.149. The predicted molar refractivity (Wildman–Crippen MR) is 123 cm³/mol. The Morgan fingerprint density at radius 1 is 1.16 bits per heavy atom. The molecule has 1 amide bonds. The van der Waals surface area contributed by atoms with Gasteiger partial charge < -0.3 is 20.1 Å². The molecule has 3 aliphatic rings. The summed E-state index contributed by atoms with van der Waals surface area (Å²) >= 11 is 0. The topological polar surface area (TPSA) is 61.8 Å². The van der Waals surface area contributed by atoms with Crippen LogP contribution in [0.4, 0.5) is 0 Å². The van der Waals surface area contributed by atoms with E-state index in [0.29, 0.717) is 17.4 Å². The minimum atomic E-state index is -1.47. The third-order valence-electron chi connectivity index (χ3n) is 7.64. The van der Waals surface area contributed by atoms with E-state index in [0.717, 1.165) is 57.5 Å². The predicted octanol–water partition coefficient (Wildman–Crippen LogP) is 3.87. The van der Waals surface area contributed by atoms with Crippen LogP contribution in [0.1, 0.15) is 57.9 Å². The summed E-state index contributed by atoms with van der Waals surface area (Å²) < 4.78 is 5.27. The van der Waals surface area contributed by atoms with E-state index in [1.807, 2.05) is 24.3 Å². The molecule has 0 bridgehead atoms. The molecular formula is C26H38N2O3. The smallest absolute Gasteiger partial charge is 0.257 e. The summed E-state index contributed by atoms with van der Waals surface area (Å²) in [5, 5.41) is 15.1. The highest BCUT2D eigenvalue weighted by Gasteiger charge is 2.58. The molecule has 0 radical (unpaired) electrons. The fourth-order valence-electron chi connectivity index (χ4n) is 5.73. The van der Waals surface area contributed by atoms with Crippen molar-refractivity contribution in [2.75, 3.05) is 26.7 Å². The highest BCUT2D eigenvalue weighted by Crippen LogP contribution is 2.47. The van der Waals surface area contributed by atoms with Crippen molar-refractivity contribution < 1.29 is 14.6 Å². The van der Waals surface area contributed by atoms with Crippen LogP contribution in [0.2, 0.25) is 0 Å². The van der Waals surface area contributed by atoms with E-state index in [4.69, 9.17) is 4.74 Å². The molecule has 31 heavy (non-hydrogen) atoms. The van der Waals surface area contributed by atoms with Crippen LogP contribution in [0.15, 0.2) is 35.9 Å². The SMILES string of the molecule is COc1ccc(C(O)(C(=O)NC2C3CN(CCC=C(C)C)CC32)C2CCCCC2)cc1. The molecule has 5 nitrogen and oxygen atoms in total. The van der Waals surface area contributed by atoms with Crippen LogP contribution in [0.5, 0.6) is 5.75 Å². The number of piperidine rings is 1. The van der Waals surface area contributed by atoms with E-state index in [-0.39, 0.29) is 17.9 Å². The number of hydrogen-bond acceptors (Lipinski definition) is 4. The number of aliphatic hydroxyl groups is 1. The molecule has 170 valence electrons. The molecule has 1 aliphatic heterocycles. The maximum atomic E-state index is 13.5. The molecule has 2 saturated carbocycles. The van der Waals surface area contributed by atoms with Gasteiger partial charge in [-0.1, -0.05) is 43.0 Å². The van der Waals surface area contributed by atoms with E-state index in [9.17, 15) is 9.90 Å². The maximum absolute atomic E-state index is 13.5. The lowest BCUT2D eigenvalue weighted by Crippen LogP contribution is -2.51. The maximum Gasteiger partial charge on any atom is 0.257 e. The zero-order chi connectivity index (χ0) is 22.0. The highest BCUT2D eigenvalue weighted by atomic mass is 16.5. The van der Waals surface area contributed by atoms with Gasteiger partial charge in [0.1, 0.15) is 5.75 Å². The largest absolute Gasteiger partial charge is 0.497 e. The molecule has 1 aromatic rings. The Balaban J connectivity index is 1.41. The van der Waals surface area contributed by atoms with Crippen LogP contribution in [0.3, 0.4) is 0 Å². The molecule has 3 fully saturated rings. The Morgan fingerprint density at radius 3 is 2.39 bits per heavy atom. The average Bonchev–Trinajstić information content (AvgIpc) is 3.22. The van der Waals surface area contributed by atoms with Gasteiger partial charge in [-0.3, -0.25) is 4.79 Å². The fourth-order valence-corrected chi connectivity index (χ4v) is 5.73. The summed E-state index contributed by atoms with van der Waals surface area (Å²) in [6.07, 6.45) is 8.51. The van der Waals surface area contributed by atoms with Crippen LogP contribution in [0, 0.1) is 17.8 Å². The monoisotopic (exact) mass is 426 g/mol. The Bertz CT molecular complexity index is 783. The number of nitrogens with zero attached hydrogens (tertiary/aromatic N) is 1. The van der Waals surface area contributed by atoms with E-state index in [1.54, 1.807) is 7.11 Å². The summed E-state index contributed by atoms with van der Waals surface area (Å²) in [6, 6.07) is 7.59. The number of amides is 1. The van der Waals surface area contributed by atoms with E-state index in [1.165, 1.54) is 12.0 Å². The minimum absolute atomic E-state index is 0.0335. The first-order valence-electron chi connectivity index (χ1n) is 12.0. The number of hydrogen-bond donors (Lipinski definition) is 2. The molecule has 1 heterocycles. The standard InChI is InChI=1S/C26H38N2O3/c1-18(2)8-7-15-28-16-22-23(17-28)24(22)27-25(29)26(30,19-9-5-4-6-10-19)20-11-13-21(31-3)14-12-20/h8,11-14,19,22-24,30H,4-7,9-10,15-17H2,1-3H3,(H,27,29). The van der Waals surface area contributed by atoms with Gasteiger partial charge >= 0.3 is 0 Å². The number of likely N-dealkylation sites (tertiary alicyclic amines) is 1. The molecule has 4 rings (SSSR count). The van der Waals surface area contributed by atoms with Gasteiger partial charge in [0.2, 0.25) is 0 Å². The lowest BCUT2D eigenvalue weighted by Gasteiger charge is -2.38. The van der Waals surface area contributed by atoms with Crippen molar-refractivity contribution in [3.8, 4) is 5.75 Å². The number of ether oxygens (including phenoxy) is 1. The van der Waals surface area contributed by atoms with Crippen molar-refractivity contribution in [1.82, 2.24) is 10.2 Å². The van der Waals surface area contributed by atoms with Crippen LogP contribution in [-0.4, -0.2) is 48.7 Å². The Hall–Kier alpha value is -1.85. The third-order valence-corrected chi connectivity index (χ3v) is 7.64. The molecule has 0 aromatic heterocycles. The van der Waals surface area contributed by atoms with Crippen LogP contribution in [0.25, 0.3) is 0 Å². The number of allylic oxidation sites excluding steroid dienone is 1. The molecule has 2 N–H and O–H groups in total. The van der Waals surface area contributed by atoms with Crippen molar-refractivity contribution in [2.45, 2.75) is 64.0 Å².